The van der Waals surface area contributed by atoms with Crippen molar-refractivity contribution in [2.45, 2.75) is 11.8 Å². The fraction of sp³-hybridized carbons (Fsp3) is 0.125. The zero-order valence-electron chi connectivity index (χ0n) is 13.3. The average molecular weight is 346 g/mol. The molecule has 0 bridgehead atoms. The molecule has 0 radical (unpaired) electrons. The third kappa shape index (κ3) is 4.64. The molecule has 2 rings (SSSR count). The number of urea groups is 1. The van der Waals surface area contributed by atoms with Gasteiger partial charge in [-0.1, -0.05) is 30.3 Å². The normalized spacial score (nSPS) is 11.8. The van der Waals surface area contributed by atoms with E-state index in [0.29, 0.717) is 17.0 Å². The number of benzene rings is 2. The van der Waals surface area contributed by atoms with Gasteiger partial charge >= 0.3 is 6.03 Å². The molecule has 24 heavy (non-hydrogen) atoms. The number of hydrogen-bond acceptors (Lipinski definition) is 4. The predicted molar refractivity (Wildman–Crippen MR) is 93.5 cm³/mol. The van der Waals surface area contributed by atoms with E-state index >= 15 is 0 Å². The van der Waals surface area contributed by atoms with Gasteiger partial charge in [0, 0.05) is 5.69 Å². The van der Waals surface area contributed by atoms with Crippen molar-refractivity contribution < 1.29 is 13.2 Å². The Labute approximate surface area is 140 Å². The Morgan fingerprint density at radius 3 is 2.21 bits per heavy atom. The maximum Gasteiger partial charge on any atom is 0.339 e. The van der Waals surface area contributed by atoms with Gasteiger partial charge in [0.05, 0.1) is 10.6 Å². The minimum absolute atomic E-state index is 0.163. The van der Waals surface area contributed by atoms with Gasteiger partial charge in [0.1, 0.15) is 0 Å². The Balaban J connectivity index is 2.01. The van der Waals surface area contributed by atoms with Crippen LogP contribution in [-0.4, -0.2) is 27.2 Å². The Hall–Kier alpha value is -2.71. The van der Waals surface area contributed by atoms with E-state index in [1.165, 1.54) is 19.2 Å². The molecular formula is C16H18N4O3S. The van der Waals surface area contributed by atoms with Crippen molar-refractivity contribution >= 4 is 27.5 Å². The van der Waals surface area contributed by atoms with Crippen molar-refractivity contribution in [1.82, 2.24) is 10.1 Å². The molecular weight excluding hydrogens is 328 g/mol. The van der Waals surface area contributed by atoms with E-state index in [2.05, 4.69) is 20.6 Å². The SMILES string of the molecule is CNS(=O)(=O)c1ccc(/C(C)=N\NC(=O)Nc2ccccc2)cc1. The molecule has 8 heteroatoms. The average Bonchev–Trinajstić information content (AvgIpc) is 2.60. The summed E-state index contributed by atoms with van der Waals surface area (Å²) in [5.74, 6) is 0. The maximum atomic E-state index is 11.8. The van der Waals surface area contributed by atoms with Gasteiger partial charge in [-0.15, -0.1) is 0 Å². The van der Waals surface area contributed by atoms with Gasteiger partial charge in [-0.05, 0) is 43.8 Å². The first-order valence-corrected chi connectivity index (χ1v) is 8.61. The van der Waals surface area contributed by atoms with E-state index < -0.39 is 16.1 Å². The molecule has 0 saturated heterocycles. The zero-order chi connectivity index (χ0) is 17.6. The molecule has 2 aromatic rings. The van der Waals surface area contributed by atoms with E-state index in [1.807, 2.05) is 18.2 Å². The minimum Gasteiger partial charge on any atom is -0.307 e. The lowest BCUT2D eigenvalue weighted by Crippen LogP contribution is -2.25. The van der Waals surface area contributed by atoms with E-state index in [0.717, 1.165) is 0 Å². The van der Waals surface area contributed by atoms with Gasteiger partial charge in [0.25, 0.3) is 0 Å². The monoisotopic (exact) mass is 346 g/mol. The number of carbonyl (C=O) groups is 1. The fourth-order valence-corrected chi connectivity index (χ4v) is 2.60. The molecule has 0 spiro atoms. The summed E-state index contributed by atoms with van der Waals surface area (Å²) < 4.78 is 25.6. The lowest BCUT2D eigenvalue weighted by atomic mass is 10.1. The number of nitrogens with zero attached hydrogens (tertiary/aromatic N) is 1. The first kappa shape index (κ1) is 17.6. The van der Waals surface area contributed by atoms with E-state index in [4.69, 9.17) is 0 Å². The highest BCUT2D eigenvalue weighted by atomic mass is 32.2. The van der Waals surface area contributed by atoms with Crippen LogP contribution < -0.4 is 15.5 Å². The molecule has 0 aliphatic carbocycles. The van der Waals surface area contributed by atoms with Crippen LogP contribution in [0.5, 0.6) is 0 Å². The molecule has 0 heterocycles. The van der Waals surface area contributed by atoms with Crippen LogP contribution in [0.1, 0.15) is 12.5 Å². The second-order valence-corrected chi connectivity index (χ2v) is 6.75. The molecule has 2 aromatic carbocycles. The first-order valence-electron chi connectivity index (χ1n) is 7.12. The Morgan fingerprint density at radius 2 is 1.62 bits per heavy atom. The second kappa shape index (κ2) is 7.71. The number of amides is 2. The summed E-state index contributed by atoms with van der Waals surface area (Å²) in [6.07, 6.45) is 0. The van der Waals surface area contributed by atoms with Gasteiger partial charge in [-0.2, -0.15) is 5.10 Å². The predicted octanol–water partition coefficient (Wildman–Crippen LogP) is 2.14. The zero-order valence-corrected chi connectivity index (χ0v) is 14.1. The van der Waals surface area contributed by atoms with Gasteiger partial charge in [0.15, 0.2) is 0 Å². The molecule has 0 aromatic heterocycles. The molecule has 7 nitrogen and oxygen atoms in total. The molecule has 0 unspecified atom stereocenters. The molecule has 0 atom stereocenters. The van der Waals surface area contributed by atoms with Gasteiger partial charge in [-0.25, -0.2) is 23.4 Å². The number of anilines is 1. The summed E-state index contributed by atoms with van der Waals surface area (Å²) in [6.45, 7) is 1.71. The highest BCUT2D eigenvalue weighted by Crippen LogP contribution is 2.11. The summed E-state index contributed by atoms with van der Waals surface area (Å²) in [5.41, 5.74) is 4.30. The fourth-order valence-electron chi connectivity index (χ4n) is 1.87. The van der Waals surface area contributed by atoms with Crippen molar-refractivity contribution in [2.24, 2.45) is 5.10 Å². The Morgan fingerprint density at radius 1 is 1.00 bits per heavy atom. The summed E-state index contributed by atoms with van der Waals surface area (Å²) >= 11 is 0. The Kier molecular flexibility index (Phi) is 5.67. The number of sulfonamides is 1. The highest BCUT2D eigenvalue weighted by Gasteiger charge is 2.11. The molecule has 3 N–H and O–H groups in total. The number of carbonyl (C=O) groups excluding carboxylic acids is 1. The van der Waals surface area contributed by atoms with Crippen LogP contribution >= 0.6 is 0 Å². The maximum absolute atomic E-state index is 11.8. The Bertz CT molecular complexity index is 831. The lowest BCUT2D eigenvalue weighted by Gasteiger charge is -2.06. The number of hydrogen-bond donors (Lipinski definition) is 3. The molecule has 0 aliphatic heterocycles. The number of hydrazone groups is 1. The number of rotatable bonds is 5. The van der Waals surface area contributed by atoms with Crippen LogP contribution in [0.15, 0.2) is 64.6 Å². The smallest absolute Gasteiger partial charge is 0.307 e. The quantitative estimate of drug-likeness (QED) is 0.571. The van der Waals surface area contributed by atoms with E-state index in [9.17, 15) is 13.2 Å². The first-order chi connectivity index (χ1) is 11.4. The molecule has 0 fully saturated rings. The lowest BCUT2D eigenvalue weighted by molar-refractivity contribution is 0.252. The standard InChI is InChI=1S/C16H18N4O3S/c1-12(13-8-10-15(11-9-13)24(22,23)17-2)19-20-16(21)18-14-6-4-3-5-7-14/h3-11,17H,1-2H3,(H2,18,20,21)/b19-12-. The molecule has 0 aliphatic rings. The topological polar surface area (TPSA) is 99.7 Å². The molecule has 2 amide bonds. The number of para-hydroxylation sites is 1. The van der Waals surface area contributed by atoms with E-state index in [-0.39, 0.29) is 4.90 Å². The van der Waals surface area contributed by atoms with Crippen molar-refractivity contribution in [3.8, 4) is 0 Å². The summed E-state index contributed by atoms with van der Waals surface area (Å²) in [5, 5.41) is 6.63. The minimum atomic E-state index is -3.47. The van der Waals surface area contributed by atoms with Crippen LogP contribution in [-0.2, 0) is 10.0 Å². The van der Waals surface area contributed by atoms with Crippen LogP contribution in [0.25, 0.3) is 0 Å². The van der Waals surface area contributed by atoms with Crippen LogP contribution in [0.2, 0.25) is 0 Å². The summed E-state index contributed by atoms with van der Waals surface area (Å²) in [7, 11) is -2.12. The van der Waals surface area contributed by atoms with Gasteiger partial charge in [-0.3, -0.25) is 0 Å². The molecule has 0 saturated carbocycles. The van der Waals surface area contributed by atoms with Crippen molar-refractivity contribution in [3.63, 3.8) is 0 Å². The molecule has 126 valence electrons. The van der Waals surface area contributed by atoms with Crippen molar-refractivity contribution in [3.05, 3.63) is 60.2 Å². The van der Waals surface area contributed by atoms with Gasteiger partial charge < -0.3 is 5.32 Å². The summed E-state index contributed by atoms with van der Waals surface area (Å²) in [6, 6.07) is 14.7. The third-order valence-corrected chi connectivity index (χ3v) is 4.64. The second-order valence-electron chi connectivity index (χ2n) is 4.86. The highest BCUT2D eigenvalue weighted by molar-refractivity contribution is 7.89. The number of nitrogens with one attached hydrogen (secondary N) is 3. The van der Waals surface area contributed by atoms with Crippen molar-refractivity contribution in [1.29, 1.82) is 0 Å². The van der Waals surface area contributed by atoms with Gasteiger partial charge in [0.2, 0.25) is 10.0 Å². The third-order valence-electron chi connectivity index (χ3n) is 3.21. The summed E-state index contributed by atoms with van der Waals surface area (Å²) in [4.78, 5) is 11.9. The van der Waals surface area contributed by atoms with Crippen LogP contribution in [0.4, 0.5) is 10.5 Å². The van der Waals surface area contributed by atoms with E-state index in [1.54, 1.807) is 31.2 Å². The van der Waals surface area contributed by atoms with Crippen LogP contribution in [0.3, 0.4) is 0 Å². The van der Waals surface area contributed by atoms with Crippen LogP contribution in [0, 0.1) is 0 Å². The van der Waals surface area contributed by atoms with Crippen molar-refractivity contribution in [2.75, 3.05) is 12.4 Å². The largest absolute Gasteiger partial charge is 0.339 e.